The number of nitrogens with zero attached hydrogens (tertiary/aromatic N) is 1. The van der Waals surface area contributed by atoms with Crippen molar-refractivity contribution in [2.45, 2.75) is 44.7 Å². The van der Waals surface area contributed by atoms with Gasteiger partial charge in [0.15, 0.2) is 5.57 Å². The van der Waals surface area contributed by atoms with Crippen LogP contribution in [0.5, 0.6) is 5.75 Å². The fourth-order valence-electron chi connectivity index (χ4n) is 2.45. The molecule has 1 aromatic rings. The lowest BCUT2D eigenvalue weighted by Gasteiger charge is -2.16. The molecule has 0 heterocycles. The van der Waals surface area contributed by atoms with Crippen LogP contribution >= 0.6 is 0 Å². The Morgan fingerprint density at radius 2 is 1.87 bits per heavy atom. The minimum Gasteiger partial charge on any atom is -0.511 e. The summed E-state index contributed by atoms with van der Waals surface area (Å²) in [4.78, 5) is 22.7. The number of hydrogen-bond donors (Lipinski definition) is 3. The second-order valence-corrected chi connectivity index (χ2v) is 6.35. The molecular weight excluding hydrogens is 417 g/mol. The summed E-state index contributed by atoms with van der Waals surface area (Å²) in [5, 5.41) is 29.7. The normalized spacial score (nSPS) is 11.6. The number of carbonyl (C=O) groups is 2. The maximum absolute atomic E-state index is 13.2. The molecule has 0 saturated heterocycles. The van der Waals surface area contributed by atoms with E-state index in [2.05, 4.69) is 11.2 Å². The molecule has 0 aliphatic rings. The Labute approximate surface area is 177 Å². The number of hydrogen-bond acceptors (Lipinski definition) is 5. The minimum absolute atomic E-state index is 0.0434. The van der Waals surface area contributed by atoms with E-state index in [4.69, 9.17) is 21.5 Å². The van der Waals surface area contributed by atoms with Crippen LogP contribution in [0, 0.1) is 23.7 Å². The first kappa shape index (κ1) is 25.4. The van der Waals surface area contributed by atoms with Gasteiger partial charge in [-0.05, 0) is 31.4 Å². The van der Waals surface area contributed by atoms with Gasteiger partial charge in [-0.15, -0.1) is 12.3 Å². The van der Waals surface area contributed by atoms with Crippen molar-refractivity contribution < 1.29 is 37.7 Å². The van der Waals surface area contributed by atoms with Crippen molar-refractivity contribution in [1.82, 2.24) is 0 Å². The monoisotopic (exact) mass is 438 g/mol. The summed E-state index contributed by atoms with van der Waals surface area (Å²) < 4.78 is 44.9. The van der Waals surface area contributed by atoms with Gasteiger partial charge in [0.2, 0.25) is 0 Å². The molecule has 31 heavy (non-hydrogen) atoms. The quantitative estimate of drug-likeness (QED) is 0.155. The van der Waals surface area contributed by atoms with Crippen LogP contribution in [0.1, 0.15) is 44.1 Å². The van der Waals surface area contributed by atoms with Crippen molar-refractivity contribution in [2.75, 3.05) is 11.9 Å². The number of rotatable bonds is 11. The number of terminal acetylenes is 1. The van der Waals surface area contributed by atoms with Crippen LogP contribution in [-0.4, -0.2) is 28.7 Å². The summed E-state index contributed by atoms with van der Waals surface area (Å²) in [6.07, 6.45) is 1.47. The number of amides is 1. The van der Waals surface area contributed by atoms with E-state index in [1.54, 1.807) is 0 Å². The third-order valence-electron chi connectivity index (χ3n) is 3.97. The van der Waals surface area contributed by atoms with Crippen molar-refractivity contribution in [3.8, 4) is 24.2 Å². The molecule has 3 N–H and O–H groups in total. The third-order valence-corrected chi connectivity index (χ3v) is 3.97. The topological polar surface area (TPSA) is 120 Å². The van der Waals surface area contributed by atoms with Gasteiger partial charge < -0.3 is 20.3 Å². The number of allylic oxidation sites excluding steroid dienone is 1. The average molecular weight is 438 g/mol. The van der Waals surface area contributed by atoms with Gasteiger partial charge >= 0.3 is 12.1 Å². The molecule has 1 aromatic carbocycles. The van der Waals surface area contributed by atoms with E-state index in [0.717, 1.165) is 18.2 Å². The number of nitriles is 1. The van der Waals surface area contributed by atoms with E-state index in [-0.39, 0.29) is 31.6 Å². The zero-order valence-electron chi connectivity index (χ0n) is 16.5. The number of alkyl halides is 3. The predicted molar refractivity (Wildman–Crippen MR) is 105 cm³/mol. The number of carboxylic acids is 1. The smallest absolute Gasteiger partial charge is 0.419 e. The van der Waals surface area contributed by atoms with Crippen molar-refractivity contribution >= 4 is 17.6 Å². The summed E-state index contributed by atoms with van der Waals surface area (Å²) in [6.45, 7) is -0.0870. The number of ether oxygens (including phenoxy) is 1. The molecule has 1 amide bonds. The first-order valence-electron chi connectivity index (χ1n) is 9.23. The Kier molecular flexibility index (Phi) is 9.93. The zero-order valence-corrected chi connectivity index (χ0v) is 16.5. The molecule has 1 rings (SSSR count). The lowest BCUT2D eigenvalue weighted by atomic mass is 10.1. The van der Waals surface area contributed by atoms with E-state index in [9.17, 15) is 27.9 Å². The van der Waals surface area contributed by atoms with Gasteiger partial charge in [-0.3, -0.25) is 9.59 Å². The van der Waals surface area contributed by atoms with Crippen LogP contribution in [0.4, 0.5) is 18.9 Å². The first-order chi connectivity index (χ1) is 14.6. The number of carbonyl (C=O) groups excluding carboxylic acids is 1. The van der Waals surface area contributed by atoms with Gasteiger partial charge in [0, 0.05) is 31.0 Å². The van der Waals surface area contributed by atoms with Crippen LogP contribution in [-0.2, 0) is 15.8 Å². The fourth-order valence-corrected chi connectivity index (χ4v) is 2.45. The summed E-state index contributed by atoms with van der Waals surface area (Å²) in [5.74, 6) is -0.768. The average Bonchev–Trinajstić information content (AvgIpc) is 2.68. The Morgan fingerprint density at radius 3 is 2.45 bits per heavy atom. The molecule has 0 radical (unpaired) electrons. The number of aliphatic hydroxyl groups is 1. The number of nitrogens with one attached hydrogen (secondary N) is 1. The van der Waals surface area contributed by atoms with Gasteiger partial charge in [-0.25, -0.2) is 0 Å². The molecule has 0 fully saturated rings. The Hall–Kier alpha value is -3.66. The maximum atomic E-state index is 13.2. The van der Waals surface area contributed by atoms with Gasteiger partial charge in [0.25, 0.3) is 5.91 Å². The lowest BCUT2D eigenvalue weighted by molar-refractivity contribution is -0.139. The minimum atomic E-state index is -4.70. The van der Waals surface area contributed by atoms with Crippen molar-refractivity contribution in [3.63, 3.8) is 0 Å². The highest BCUT2D eigenvalue weighted by Crippen LogP contribution is 2.38. The van der Waals surface area contributed by atoms with Crippen molar-refractivity contribution in [3.05, 3.63) is 35.1 Å². The molecule has 166 valence electrons. The summed E-state index contributed by atoms with van der Waals surface area (Å²) in [6, 6.07) is 4.22. The number of unbranched alkanes of at least 4 members (excludes halogenated alkanes) is 2. The molecule has 0 aliphatic carbocycles. The number of anilines is 1. The Morgan fingerprint density at radius 1 is 1.16 bits per heavy atom. The van der Waals surface area contributed by atoms with Crippen LogP contribution in [0.3, 0.4) is 0 Å². The van der Waals surface area contributed by atoms with Gasteiger partial charge in [0.05, 0.1) is 12.2 Å². The lowest BCUT2D eigenvalue weighted by Crippen LogP contribution is -2.16. The first-order valence-corrected chi connectivity index (χ1v) is 9.23. The molecule has 0 unspecified atom stereocenters. The number of aliphatic carboxylic acids is 1. The number of benzene rings is 1. The van der Waals surface area contributed by atoms with Crippen LogP contribution in [0.2, 0.25) is 0 Å². The second kappa shape index (κ2) is 12.1. The maximum Gasteiger partial charge on any atom is 0.419 e. The van der Waals surface area contributed by atoms with E-state index in [1.807, 2.05) is 0 Å². The SMILES string of the molecule is C#CCC/C(O)=C(\C#N)C(=O)Nc1ccc(C(F)(F)F)c(OCCCCCC(=O)O)c1. The molecule has 0 spiro atoms. The molecule has 0 aromatic heterocycles. The molecule has 0 atom stereocenters. The van der Waals surface area contributed by atoms with Crippen LogP contribution in [0.25, 0.3) is 0 Å². The summed E-state index contributed by atoms with van der Waals surface area (Å²) >= 11 is 0. The van der Waals surface area contributed by atoms with E-state index >= 15 is 0 Å². The number of carboxylic acid groups (broad SMARTS) is 1. The highest BCUT2D eigenvalue weighted by molar-refractivity contribution is 6.07. The highest BCUT2D eigenvalue weighted by Gasteiger charge is 2.34. The van der Waals surface area contributed by atoms with Crippen molar-refractivity contribution in [2.24, 2.45) is 0 Å². The van der Waals surface area contributed by atoms with E-state index in [0.29, 0.717) is 19.3 Å². The molecule has 0 aliphatic heterocycles. The van der Waals surface area contributed by atoms with Gasteiger partial charge in [-0.2, -0.15) is 18.4 Å². The van der Waals surface area contributed by atoms with Gasteiger partial charge in [-0.1, -0.05) is 0 Å². The van der Waals surface area contributed by atoms with Gasteiger partial charge in [0.1, 0.15) is 17.6 Å². The van der Waals surface area contributed by atoms with E-state index in [1.165, 1.54) is 6.07 Å². The van der Waals surface area contributed by atoms with Crippen LogP contribution < -0.4 is 10.1 Å². The number of halogens is 3. The standard InChI is InChI=1S/C21H21F3N2O5/c1-2-3-7-17(27)15(13-25)20(30)26-14-9-10-16(21(22,23)24)18(12-14)31-11-6-4-5-8-19(28)29/h1,9-10,12,27H,3-8,11H2,(H,26,30)(H,28,29)/b17-15-. The van der Waals surface area contributed by atoms with E-state index < -0.39 is 40.7 Å². The summed E-state index contributed by atoms with van der Waals surface area (Å²) in [7, 11) is 0. The second-order valence-electron chi connectivity index (χ2n) is 6.35. The molecule has 10 heteroatoms. The molecule has 0 saturated carbocycles. The highest BCUT2D eigenvalue weighted by atomic mass is 19.4. The Bertz CT molecular complexity index is 911. The zero-order chi connectivity index (χ0) is 23.4. The van der Waals surface area contributed by atoms with Crippen molar-refractivity contribution in [1.29, 1.82) is 5.26 Å². The molecular formula is C21H21F3N2O5. The molecule has 0 bridgehead atoms. The third kappa shape index (κ3) is 8.70. The fraction of sp³-hybridized carbons (Fsp3) is 0.381. The Balaban J connectivity index is 2.94. The largest absolute Gasteiger partial charge is 0.511 e. The van der Waals surface area contributed by atoms with Crippen LogP contribution in [0.15, 0.2) is 29.5 Å². The number of aliphatic hydroxyl groups excluding tert-OH is 1. The molecule has 7 nitrogen and oxygen atoms in total. The summed E-state index contributed by atoms with van der Waals surface area (Å²) in [5.41, 5.74) is -1.73. The predicted octanol–water partition coefficient (Wildman–Crippen LogP) is 4.42.